The first-order valence-electron chi connectivity index (χ1n) is 9.07. The maximum absolute atomic E-state index is 13.2. The lowest BCUT2D eigenvalue weighted by Gasteiger charge is -2.31. The zero-order valence-electron chi connectivity index (χ0n) is 15.4. The number of aryl methyl sites for hydroxylation is 1. The lowest BCUT2D eigenvalue weighted by atomic mass is 10.1. The molecule has 0 aromatic carbocycles. The topological polar surface area (TPSA) is 85.5 Å². The molecule has 9 heteroatoms. The van der Waals surface area contributed by atoms with Crippen molar-refractivity contribution in [3.63, 3.8) is 0 Å². The fourth-order valence-electron chi connectivity index (χ4n) is 3.27. The van der Waals surface area contributed by atoms with E-state index in [-0.39, 0.29) is 6.10 Å². The van der Waals surface area contributed by atoms with E-state index in [2.05, 4.69) is 10.1 Å². The van der Waals surface area contributed by atoms with Crippen LogP contribution in [0, 0.1) is 6.92 Å². The van der Waals surface area contributed by atoms with Crippen molar-refractivity contribution in [3.05, 3.63) is 53.3 Å². The van der Waals surface area contributed by atoms with E-state index in [1.165, 1.54) is 15.6 Å². The highest BCUT2D eigenvalue weighted by Crippen LogP contribution is 2.35. The molecule has 3 aromatic heterocycles. The number of nitrogens with zero attached hydrogens (tertiary/aromatic N) is 3. The van der Waals surface area contributed by atoms with Gasteiger partial charge in [0.15, 0.2) is 5.76 Å². The van der Waals surface area contributed by atoms with Gasteiger partial charge in [-0.1, -0.05) is 11.2 Å². The third-order valence-corrected chi connectivity index (χ3v) is 7.89. The van der Waals surface area contributed by atoms with Crippen LogP contribution in [0.25, 0.3) is 10.6 Å². The van der Waals surface area contributed by atoms with Crippen molar-refractivity contribution in [1.82, 2.24) is 14.4 Å². The molecule has 0 amide bonds. The summed E-state index contributed by atoms with van der Waals surface area (Å²) < 4.78 is 39.1. The minimum Gasteiger partial charge on any atom is -0.371 e. The smallest absolute Gasteiger partial charge is 0.244 e. The molecule has 0 bridgehead atoms. The standard InChI is InChI=1S/C19H21N3O4S2/c1-14-19(11-18(27-14)17-7-9-21-26-17)28(23,24)22-10-4-6-16(12-22)25-13-15-5-2-3-8-20-15/h2-3,5,7-9,11,16H,4,6,10,12-13H2,1H3. The van der Waals surface area contributed by atoms with Gasteiger partial charge >= 0.3 is 0 Å². The summed E-state index contributed by atoms with van der Waals surface area (Å²) in [6.45, 7) is 3.05. The molecule has 1 atom stereocenters. The van der Waals surface area contributed by atoms with Gasteiger partial charge in [-0.05, 0) is 38.0 Å². The number of ether oxygens (including phenoxy) is 1. The molecule has 4 rings (SSSR count). The van der Waals surface area contributed by atoms with Crippen LogP contribution < -0.4 is 0 Å². The van der Waals surface area contributed by atoms with Crippen LogP contribution in [0.15, 0.2) is 52.1 Å². The van der Waals surface area contributed by atoms with Crippen molar-refractivity contribution in [2.24, 2.45) is 0 Å². The Bertz CT molecular complexity index is 1020. The van der Waals surface area contributed by atoms with Gasteiger partial charge in [0.1, 0.15) is 0 Å². The van der Waals surface area contributed by atoms with E-state index < -0.39 is 10.0 Å². The second-order valence-corrected chi connectivity index (χ2v) is 9.83. The van der Waals surface area contributed by atoms with Gasteiger partial charge in [-0.3, -0.25) is 4.98 Å². The van der Waals surface area contributed by atoms with Crippen molar-refractivity contribution in [2.75, 3.05) is 13.1 Å². The van der Waals surface area contributed by atoms with Gasteiger partial charge in [-0.2, -0.15) is 4.31 Å². The second kappa shape index (κ2) is 8.12. The molecule has 0 saturated carbocycles. The largest absolute Gasteiger partial charge is 0.371 e. The highest BCUT2D eigenvalue weighted by Gasteiger charge is 2.33. The van der Waals surface area contributed by atoms with Crippen LogP contribution in [0.3, 0.4) is 0 Å². The predicted octanol–water partition coefficient (Wildman–Crippen LogP) is 3.48. The van der Waals surface area contributed by atoms with Crippen LogP contribution in [0.4, 0.5) is 0 Å². The first kappa shape index (κ1) is 19.3. The van der Waals surface area contributed by atoms with E-state index in [0.717, 1.165) is 28.3 Å². The highest BCUT2D eigenvalue weighted by molar-refractivity contribution is 7.89. The summed E-state index contributed by atoms with van der Waals surface area (Å²) in [6, 6.07) is 9.07. The highest BCUT2D eigenvalue weighted by atomic mass is 32.2. The third-order valence-electron chi connectivity index (χ3n) is 4.70. The van der Waals surface area contributed by atoms with Crippen molar-refractivity contribution in [1.29, 1.82) is 0 Å². The summed E-state index contributed by atoms with van der Waals surface area (Å²) >= 11 is 1.39. The quantitative estimate of drug-likeness (QED) is 0.608. The lowest BCUT2D eigenvalue weighted by Crippen LogP contribution is -2.43. The summed E-state index contributed by atoms with van der Waals surface area (Å²) in [7, 11) is -3.59. The Morgan fingerprint density at radius 2 is 2.21 bits per heavy atom. The molecule has 1 unspecified atom stereocenters. The molecule has 28 heavy (non-hydrogen) atoms. The summed E-state index contributed by atoms with van der Waals surface area (Å²) in [4.78, 5) is 6.07. The van der Waals surface area contributed by atoms with Gasteiger partial charge in [0.05, 0.1) is 34.4 Å². The predicted molar refractivity (Wildman–Crippen MR) is 105 cm³/mol. The van der Waals surface area contributed by atoms with Crippen molar-refractivity contribution in [3.8, 4) is 10.6 Å². The normalized spacial score (nSPS) is 18.4. The molecule has 1 saturated heterocycles. The molecule has 4 heterocycles. The number of sulfonamides is 1. The molecule has 7 nitrogen and oxygen atoms in total. The first-order valence-corrected chi connectivity index (χ1v) is 11.3. The third kappa shape index (κ3) is 4.02. The number of aromatic nitrogens is 2. The number of hydrogen-bond donors (Lipinski definition) is 0. The van der Waals surface area contributed by atoms with Gasteiger partial charge in [-0.15, -0.1) is 11.3 Å². The summed E-state index contributed by atoms with van der Waals surface area (Å²) in [5, 5.41) is 3.70. The molecule has 3 aromatic rings. The molecular formula is C19H21N3O4S2. The minimum absolute atomic E-state index is 0.141. The average Bonchev–Trinajstić information content (AvgIpc) is 3.37. The van der Waals surface area contributed by atoms with Crippen LogP contribution in [0.2, 0.25) is 0 Å². The summed E-state index contributed by atoms with van der Waals surface area (Å²) in [5.74, 6) is 0.574. The Morgan fingerprint density at radius 1 is 1.32 bits per heavy atom. The molecule has 0 radical (unpaired) electrons. The van der Waals surface area contributed by atoms with Crippen LogP contribution >= 0.6 is 11.3 Å². The average molecular weight is 420 g/mol. The zero-order chi connectivity index (χ0) is 19.6. The van der Waals surface area contributed by atoms with Crippen LogP contribution in [-0.2, 0) is 21.4 Å². The van der Waals surface area contributed by atoms with Gasteiger partial charge < -0.3 is 9.26 Å². The molecular weight excluding hydrogens is 398 g/mol. The summed E-state index contributed by atoms with van der Waals surface area (Å²) in [5.41, 5.74) is 0.841. The first-order chi connectivity index (χ1) is 13.5. The fourth-order valence-corrected chi connectivity index (χ4v) is 6.30. The minimum atomic E-state index is -3.59. The zero-order valence-corrected chi connectivity index (χ0v) is 17.1. The maximum Gasteiger partial charge on any atom is 0.244 e. The number of thiophene rings is 1. The molecule has 1 fully saturated rings. The van der Waals surface area contributed by atoms with Crippen molar-refractivity contribution < 1.29 is 17.7 Å². The Morgan fingerprint density at radius 3 is 2.96 bits per heavy atom. The fraction of sp³-hybridized carbons (Fsp3) is 0.368. The van der Waals surface area contributed by atoms with Gasteiger partial charge in [-0.25, -0.2) is 8.42 Å². The van der Waals surface area contributed by atoms with E-state index in [1.54, 1.807) is 24.5 Å². The second-order valence-electron chi connectivity index (χ2n) is 6.67. The maximum atomic E-state index is 13.2. The molecule has 1 aliphatic heterocycles. The van der Waals surface area contributed by atoms with E-state index in [0.29, 0.717) is 30.4 Å². The number of piperidine rings is 1. The van der Waals surface area contributed by atoms with Gasteiger partial charge in [0.2, 0.25) is 10.0 Å². The molecule has 0 spiro atoms. The van der Waals surface area contributed by atoms with Crippen molar-refractivity contribution in [2.45, 2.75) is 37.4 Å². The Labute approximate surface area is 168 Å². The molecule has 0 N–H and O–H groups in total. The van der Waals surface area contributed by atoms with E-state index >= 15 is 0 Å². The van der Waals surface area contributed by atoms with Crippen LogP contribution in [0.1, 0.15) is 23.4 Å². The molecule has 1 aliphatic rings. The molecule has 148 valence electrons. The Balaban J connectivity index is 1.48. The summed E-state index contributed by atoms with van der Waals surface area (Å²) in [6.07, 6.45) is 4.74. The number of pyridine rings is 1. The van der Waals surface area contributed by atoms with Crippen molar-refractivity contribution >= 4 is 21.4 Å². The van der Waals surface area contributed by atoms with Crippen LogP contribution in [0.5, 0.6) is 0 Å². The van der Waals surface area contributed by atoms with E-state index in [1.807, 2.05) is 25.1 Å². The van der Waals surface area contributed by atoms with E-state index in [4.69, 9.17) is 9.26 Å². The van der Waals surface area contributed by atoms with Gasteiger partial charge in [0, 0.05) is 30.2 Å². The molecule has 0 aliphatic carbocycles. The van der Waals surface area contributed by atoms with Crippen LogP contribution in [-0.4, -0.2) is 42.1 Å². The van der Waals surface area contributed by atoms with Gasteiger partial charge in [0.25, 0.3) is 0 Å². The number of hydrogen-bond acceptors (Lipinski definition) is 7. The SMILES string of the molecule is Cc1sc(-c2ccno2)cc1S(=O)(=O)N1CCCC(OCc2ccccn2)C1. The van der Waals surface area contributed by atoms with E-state index in [9.17, 15) is 8.42 Å². The Kier molecular flexibility index (Phi) is 5.58. The lowest BCUT2D eigenvalue weighted by molar-refractivity contribution is 0.00665. The Hall–Kier alpha value is -2.07. The monoisotopic (exact) mass is 419 g/mol. The number of rotatable bonds is 6.